The molecule has 1 atom stereocenters. The maximum absolute atomic E-state index is 12.4. The minimum Gasteiger partial charge on any atom is -0.212 e. The number of hydrogen-bond donors (Lipinski definition) is 1. The number of sulfonamides is 1. The van der Waals surface area contributed by atoms with Gasteiger partial charge < -0.3 is 0 Å². The number of benzene rings is 2. The third-order valence-electron chi connectivity index (χ3n) is 4.46. The predicted molar refractivity (Wildman–Crippen MR) is 93.8 cm³/mol. The maximum atomic E-state index is 12.4. The summed E-state index contributed by atoms with van der Waals surface area (Å²) in [6, 6.07) is 13.7. The van der Waals surface area contributed by atoms with Crippen LogP contribution in [0.3, 0.4) is 0 Å². The lowest BCUT2D eigenvalue weighted by atomic mass is 10.0. The van der Waals surface area contributed by atoms with Crippen molar-refractivity contribution in [3.05, 3.63) is 70.3 Å². The molecule has 3 rings (SSSR count). The summed E-state index contributed by atoms with van der Waals surface area (Å²) in [6.07, 6.45) is 3.45. The molecule has 4 heteroatoms. The summed E-state index contributed by atoms with van der Waals surface area (Å²) in [4.78, 5) is 0. The van der Waals surface area contributed by atoms with Gasteiger partial charge in [0.2, 0.25) is 10.0 Å². The van der Waals surface area contributed by atoms with Gasteiger partial charge in [0.05, 0.1) is 5.75 Å². The highest BCUT2D eigenvalue weighted by atomic mass is 32.2. The van der Waals surface area contributed by atoms with Crippen molar-refractivity contribution in [1.82, 2.24) is 4.72 Å². The molecule has 1 aliphatic rings. The van der Waals surface area contributed by atoms with Crippen molar-refractivity contribution in [3.8, 4) is 0 Å². The minimum atomic E-state index is -3.36. The third kappa shape index (κ3) is 4.01. The second kappa shape index (κ2) is 6.46. The fourth-order valence-electron chi connectivity index (χ4n) is 3.14. The van der Waals surface area contributed by atoms with Crippen LogP contribution in [0.25, 0.3) is 0 Å². The average molecular weight is 329 g/mol. The van der Waals surface area contributed by atoms with E-state index < -0.39 is 10.0 Å². The Bertz CT molecular complexity index is 795. The van der Waals surface area contributed by atoms with Crippen molar-refractivity contribution in [1.29, 1.82) is 0 Å². The van der Waals surface area contributed by atoms with Crippen LogP contribution in [0, 0.1) is 6.92 Å². The van der Waals surface area contributed by atoms with Crippen molar-refractivity contribution in [2.45, 2.75) is 44.9 Å². The molecule has 0 spiro atoms. The molecule has 1 aliphatic carbocycles. The van der Waals surface area contributed by atoms with Crippen LogP contribution >= 0.6 is 0 Å². The zero-order chi connectivity index (χ0) is 16.4. The van der Waals surface area contributed by atoms with Crippen LogP contribution in [0.4, 0.5) is 0 Å². The molecule has 23 heavy (non-hydrogen) atoms. The van der Waals surface area contributed by atoms with Crippen molar-refractivity contribution in [2.75, 3.05) is 0 Å². The van der Waals surface area contributed by atoms with Crippen molar-refractivity contribution >= 4 is 10.0 Å². The first kappa shape index (κ1) is 16.2. The number of nitrogens with one attached hydrogen (secondary N) is 1. The van der Waals surface area contributed by atoms with Crippen LogP contribution in [-0.2, 0) is 28.6 Å². The number of rotatable bonds is 5. The van der Waals surface area contributed by atoms with Gasteiger partial charge in [-0.3, -0.25) is 0 Å². The van der Waals surface area contributed by atoms with Crippen LogP contribution in [0.5, 0.6) is 0 Å². The minimum absolute atomic E-state index is 0.0164. The van der Waals surface area contributed by atoms with Gasteiger partial charge in [0.15, 0.2) is 0 Å². The highest BCUT2D eigenvalue weighted by molar-refractivity contribution is 7.88. The van der Waals surface area contributed by atoms with E-state index in [1.807, 2.05) is 44.2 Å². The van der Waals surface area contributed by atoms with Crippen LogP contribution < -0.4 is 4.72 Å². The smallest absolute Gasteiger partial charge is 0.212 e. The summed E-state index contributed by atoms with van der Waals surface area (Å²) in [5.41, 5.74) is 5.75. The van der Waals surface area contributed by atoms with E-state index in [9.17, 15) is 8.42 Å². The van der Waals surface area contributed by atoms with Crippen molar-refractivity contribution < 1.29 is 8.42 Å². The average Bonchev–Trinajstić information content (AvgIpc) is 2.96. The lowest BCUT2D eigenvalue weighted by molar-refractivity contribution is 0.566. The molecule has 3 nitrogen and oxygen atoms in total. The lowest BCUT2D eigenvalue weighted by Crippen LogP contribution is -2.28. The summed E-state index contributed by atoms with van der Waals surface area (Å²) in [7, 11) is -3.36. The van der Waals surface area contributed by atoms with E-state index in [0.717, 1.165) is 29.5 Å². The molecule has 1 N–H and O–H groups in total. The topological polar surface area (TPSA) is 46.2 Å². The first-order valence-corrected chi connectivity index (χ1v) is 9.75. The van der Waals surface area contributed by atoms with Crippen LogP contribution in [0.2, 0.25) is 0 Å². The summed E-state index contributed by atoms with van der Waals surface area (Å²) < 4.78 is 27.6. The fourth-order valence-corrected chi connectivity index (χ4v) is 4.53. The largest absolute Gasteiger partial charge is 0.216 e. The zero-order valence-corrected chi connectivity index (χ0v) is 14.5. The Morgan fingerprint density at radius 1 is 1.04 bits per heavy atom. The fraction of sp³-hybridized carbons (Fsp3) is 0.368. The number of aryl methyl sites for hydroxylation is 3. The van der Waals surface area contributed by atoms with Gasteiger partial charge in [-0.2, -0.15) is 0 Å². The van der Waals surface area contributed by atoms with E-state index in [1.54, 1.807) is 0 Å². The van der Waals surface area contributed by atoms with Crippen LogP contribution in [-0.4, -0.2) is 8.42 Å². The summed E-state index contributed by atoms with van der Waals surface area (Å²) in [5, 5.41) is 0. The standard InChI is InChI=1S/C19H23NO2S/c1-14-6-8-16(9-7-14)13-23(21,22)20-15(2)18-11-10-17-4-3-5-19(17)12-18/h6-12,15,20H,3-5,13H2,1-2H3/t15-/m1/s1. The Balaban J connectivity index is 1.70. The third-order valence-corrected chi connectivity index (χ3v) is 5.88. The first-order valence-electron chi connectivity index (χ1n) is 8.10. The molecule has 0 amide bonds. The van der Waals surface area contributed by atoms with Crippen LogP contribution in [0.1, 0.15) is 47.2 Å². The van der Waals surface area contributed by atoms with Crippen molar-refractivity contribution in [3.63, 3.8) is 0 Å². The van der Waals surface area contributed by atoms with Crippen molar-refractivity contribution in [2.24, 2.45) is 0 Å². The van der Waals surface area contributed by atoms with Gasteiger partial charge in [0, 0.05) is 6.04 Å². The monoisotopic (exact) mass is 329 g/mol. The van der Waals surface area contributed by atoms with Gasteiger partial charge in [0.25, 0.3) is 0 Å². The Morgan fingerprint density at radius 3 is 2.48 bits per heavy atom. The quantitative estimate of drug-likeness (QED) is 0.910. The second-order valence-electron chi connectivity index (χ2n) is 6.47. The molecule has 122 valence electrons. The van der Waals surface area contributed by atoms with Gasteiger partial charge in [-0.25, -0.2) is 13.1 Å². The molecule has 0 saturated heterocycles. The molecular formula is C19H23NO2S. The molecule has 0 fully saturated rings. The predicted octanol–water partition coefficient (Wildman–Crippen LogP) is 3.66. The van der Waals surface area contributed by atoms with E-state index in [4.69, 9.17) is 0 Å². The zero-order valence-electron chi connectivity index (χ0n) is 13.7. The normalized spacial score (nSPS) is 15.4. The Morgan fingerprint density at radius 2 is 1.74 bits per heavy atom. The van der Waals surface area contributed by atoms with Gasteiger partial charge in [-0.05, 0) is 55.4 Å². The molecular weight excluding hydrogens is 306 g/mol. The molecule has 2 aromatic carbocycles. The summed E-state index contributed by atoms with van der Waals surface area (Å²) in [6.45, 7) is 3.90. The summed E-state index contributed by atoms with van der Waals surface area (Å²) >= 11 is 0. The maximum Gasteiger partial charge on any atom is 0.216 e. The molecule has 0 bridgehead atoms. The Hall–Kier alpha value is -1.65. The molecule has 0 aromatic heterocycles. The summed E-state index contributed by atoms with van der Waals surface area (Å²) in [5.74, 6) is 0.0164. The van der Waals surface area contributed by atoms with Gasteiger partial charge in [-0.1, -0.05) is 48.0 Å². The van der Waals surface area contributed by atoms with Gasteiger partial charge in [0.1, 0.15) is 0 Å². The lowest BCUT2D eigenvalue weighted by Gasteiger charge is -2.16. The van der Waals surface area contributed by atoms with E-state index in [2.05, 4.69) is 16.9 Å². The Kier molecular flexibility index (Phi) is 4.55. The molecule has 2 aromatic rings. The molecule has 0 heterocycles. The second-order valence-corrected chi connectivity index (χ2v) is 8.22. The highest BCUT2D eigenvalue weighted by Gasteiger charge is 2.18. The van der Waals surface area contributed by atoms with E-state index in [1.165, 1.54) is 17.5 Å². The van der Waals surface area contributed by atoms with E-state index in [-0.39, 0.29) is 11.8 Å². The molecule has 0 unspecified atom stereocenters. The number of fused-ring (bicyclic) bond motifs is 1. The Labute approximate surface area is 138 Å². The molecule has 0 saturated carbocycles. The van der Waals surface area contributed by atoms with E-state index >= 15 is 0 Å². The highest BCUT2D eigenvalue weighted by Crippen LogP contribution is 2.25. The number of hydrogen-bond acceptors (Lipinski definition) is 2. The van der Waals surface area contributed by atoms with E-state index in [0.29, 0.717) is 0 Å². The van der Waals surface area contributed by atoms with Crippen LogP contribution in [0.15, 0.2) is 42.5 Å². The first-order chi connectivity index (χ1) is 10.9. The SMILES string of the molecule is Cc1ccc(CS(=O)(=O)N[C@H](C)c2ccc3c(c2)CCC3)cc1. The molecule has 0 radical (unpaired) electrons. The van der Waals surface area contributed by atoms with Gasteiger partial charge in [-0.15, -0.1) is 0 Å². The van der Waals surface area contributed by atoms with Gasteiger partial charge >= 0.3 is 0 Å². The molecule has 0 aliphatic heterocycles.